The van der Waals surface area contributed by atoms with Crippen LogP contribution in [0.4, 0.5) is 0 Å². The molecular weight excluding hydrogens is 134 g/mol. The van der Waals surface area contributed by atoms with Crippen LogP contribution in [-0.2, 0) is 0 Å². The van der Waals surface area contributed by atoms with E-state index >= 15 is 0 Å². The molecule has 0 radical (unpaired) electrons. The van der Waals surface area contributed by atoms with Crippen LogP contribution in [0.25, 0.3) is 0 Å². The summed E-state index contributed by atoms with van der Waals surface area (Å²) in [5.74, 6) is 0.740. The van der Waals surface area contributed by atoms with Crippen molar-refractivity contribution in [2.24, 2.45) is 5.92 Å². The van der Waals surface area contributed by atoms with E-state index < -0.39 is 0 Å². The molecule has 1 nitrogen and oxygen atoms in total. The van der Waals surface area contributed by atoms with Crippen molar-refractivity contribution in [1.29, 1.82) is 5.26 Å². The van der Waals surface area contributed by atoms with E-state index in [9.17, 15) is 0 Å². The minimum atomic E-state index is 0.740. The molecule has 1 fully saturated rings. The Morgan fingerprint density at radius 2 is 1.73 bits per heavy atom. The highest BCUT2D eigenvalue weighted by Gasteiger charge is 2.11. The van der Waals surface area contributed by atoms with Gasteiger partial charge in [-0.05, 0) is 18.8 Å². The predicted octanol–water partition coefficient (Wildman–Crippen LogP) is 3.51. The third-order valence-corrected chi connectivity index (χ3v) is 2.10. The molecule has 1 aliphatic carbocycles. The molecule has 0 N–H and O–H groups in total. The Bertz CT molecular complexity index is 107. The molecule has 0 bridgehead atoms. The van der Waals surface area contributed by atoms with Crippen molar-refractivity contribution in [2.45, 2.75) is 52.4 Å². The van der Waals surface area contributed by atoms with E-state index in [0.717, 1.165) is 12.3 Å². The first kappa shape index (κ1) is 10.5. The van der Waals surface area contributed by atoms with Crippen molar-refractivity contribution in [3.63, 3.8) is 0 Å². The Hall–Kier alpha value is -0.510. The summed E-state index contributed by atoms with van der Waals surface area (Å²) < 4.78 is 0. The number of hydrogen-bond acceptors (Lipinski definition) is 1. The lowest BCUT2D eigenvalue weighted by atomic mass is 9.87. The number of hydrogen-bond donors (Lipinski definition) is 0. The molecule has 1 aliphatic rings. The lowest BCUT2D eigenvalue weighted by Gasteiger charge is -2.17. The van der Waals surface area contributed by atoms with Crippen LogP contribution in [-0.4, -0.2) is 0 Å². The van der Waals surface area contributed by atoms with E-state index in [-0.39, 0.29) is 0 Å². The second kappa shape index (κ2) is 7.60. The molecule has 0 spiro atoms. The van der Waals surface area contributed by atoms with Gasteiger partial charge in [-0.1, -0.05) is 33.1 Å². The monoisotopic (exact) mass is 153 g/mol. The van der Waals surface area contributed by atoms with E-state index in [1.165, 1.54) is 32.1 Å². The summed E-state index contributed by atoms with van der Waals surface area (Å²) in [6.07, 6.45) is 7.49. The van der Waals surface area contributed by atoms with E-state index in [4.69, 9.17) is 5.26 Å². The molecule has 0 unspecified atom stereocenters. The van der Waals surface area contributed by atoms with Crippen molar-refractivity contribution in [1.82, 2.24) is 0 Å². The zero-order valence-corrected chi connectivity index (χ0v) is 7.77. The smallest absolute Gasteiger partial charge is 0.0624 e. The Morgan fingerprint density at radius 1 is 1.18 bits per heavy atom. The first-order chi connectivity index (χ1) is 5.43. The van der Waals surface area contributed by atoms with Gasteiger partial charge in [0.05, 0.1) is 6.07 Å². The van der Waals surface area contributed by atoms with Gasteiger partial charge in [0.2, 0.25) is 0 Å². The van der Waals surface area contributed by atoms with E-state index in [0.29, 0.717) is 0 Å². The normalized spacial score (nSPS) is 17.9. The van der Waals surface area contributed by atoms with Gasteiger partial charge in [-0.2, -0.15) is 5.26 Å². The minimum Gasteiger partial charge on any atom is -0.198 e. The minimum absolute atomic E-state index is 0.740. The zero-order chi connectivity index (χ0) is 8.53. The first-order valence-corrected chi connectivity index (χ1v) is 4.80. The molecule has 0 aromatic heterocycles. The standard InChI is InChI=1S/C8H13N.C2H6/c9-7-6-8-4-2-1-3-5-8;1-2/h8H,1-6H2;1-2H3. The van der Waals surface area contributed by atoms with Crippen LogP contribution < -0.4 is 0 Å². The number of nitrogens with zero attached hydrogens (tertiary/aromatic N) is 1. The fraction of sp³-hybridized carbons (Fsp3) is 0.900. The second-order valence-electron chi connectivity index (χ2n) is 2.87. The highest BCUT2D eigenvalue weighted by Crippen LogP contribution is 2.25. The third-order valence-electron chi connectivity index (χ3n) is 2.10. The van der Waals surface area contributed by atoms with Crippen LogP contribution in [0, 0.1) is 17.2 Å². The van der Waals surface area contributed by atoms with Crippen LogP contribution >= 0.6 is 0 Å². The maximum absolute atomic E-state index is 8.37. The molecule has 1 heteroatoms. The molecule has 0 atom stereocenters. The van der Waals surface area contributed by atoms with Gasteiger partial charge >= 0.3 is 0 Å². The molecule has 11 heavy (non-hydrogen) atoms. The predicted molar refractivity (Wildman–Crippen MR) is 48.2 cm³/mol. The summed E-state index contributed by atoms with van der Waals surface area (Å²) in [5.41, 5.74) is 0. The number of nitriles is 1. The van der Waals surface area contributed by atoms with Gasteiger partial charge < -0.3 is 0 Å². The molecule has 1 rings (SSSR count). The number of rotatable bonds is 1. The topological polar surface area (TPSA) is 23.8 Å². The van der Waals surface area contributed by atoms with Crippen LogP contribution in [0.2, 0.25) is 0 Å². The Balaban J connectivity index is 0.000000461. The molecular formula is C10H19N. The Morgan fingerprint density at radius 3 is 2.18 bits per heavy atom. The molecule has 0 aromatic carbocycles. The second-order valence-corrected chi connectivity index (χ2v) is 2.87. The molecule has 0 heterocycles. The van der Waals surface area contributed by atoms with Gasteiger partial charge in [-0.15, -0.1) is 0 Å². The highest BCUT2D eigenvalue weighted by atomic mass is 14.3. The lowest BCUT2D eigenvalue weighted by molar-refractivity contribution is 0.364. The summed E-state index contributed by atoms with van der Waals surface area (Å²) in [4.78, 5) is 0. The Labute approximate surface area is 70.4 Å². The van der Waals surface area contributed by atoms with Crippen LogP contribution in [0.15, 0.2) is 0 Å². The van der Waals surface area contributed by atoms with Gasteiger partial charge in [-0.25, -0.2) is 0 Å². The maximum atomic E-state index is 8.37. The summed E-state index contributed by atoms with van der Waals surface area (Å²) in [7, 11) is 0. The highest BCUT2D eigenvalue weighted by molar-refractivity contribution is 4.77. The molecule has 64 valence electrons. The molecule has 0 aliphatic heterocycles. The van der Waals surface area contributed by atoms with Gasteiger partial charge in [0.15, 0.2) is 0 Å². The molecule has 0 aromatic rings. The summed E-state index contributed by atoms with van der Waals surface area (Å²) in [6.45, 7) is 4.00. The van der Waals surface area contributed by atoms with Crippen LogP contribution in [0.3, 0.4) is 0 Å². The third kappa shape index (κ3) is 4.84. The van der Waals surface area contributed by atoms with E-state index in [1.54, 1.807) is 0 Å². The fourth-order valence-electron chi connectivity index (χ4n) is 1.52. The summed E-state index contributed by atoms with van der Waals surface area (Å²) >= 11 is 0. The molecule has 1 saturated carbocycles. The average molecular weight is 153 g/mol. The fourth-order valence-corrected chi connectivity index (χ4v) is 1.52. The summed E-state index contributed by atoms with van der Waals surface area (Å²) in [6, 6.07) is 2.24. The largest absolute Gasteiger partial charge is 0.198 e. The van der Waals surface area contributed by atoms with Crippen LogP contribution in [0.1, 0.15) is 52.4 Å². The first-order valence-electron chi connectivity index (χ1n) is 4.80. The van der Waals surface area contributed by atoms with Crippen LogP contribution in [0.5, 0.6) is 0 Å². The summed E-state index contributed by atoms with van der Waals surface area (Å²) in [5, 5.41) is 8.37. The quantitative estimate of drug-likeness (QED) is 0.565. The SMILES string of the molecule is CC.N#CCC1CCCCC1. The van der Waals surface area contributed by atoms with Crippen molar-refractivity contribution in [3.8, 4) is 6.07 Å². The van der Waals surface area contributed by atoms with Gasteiger partial charge in [0, 0.05) is 6.42 Å². The zero-order valence-electron chi connectivity index (χ0n) is 7.77. The lowest BCUT2D eigenvalue weighted by Crippen LogP contribution is -2.04. The van der Waals surface area contributed by atoms with Crippen molar-refractivity contribution >= 4 is 0 Å². The Kier molecular flexibility index (Phi) is 7.24. The molecule has 0 saturated heterocycles. The maximum Gasteiger partial charge on any atom is 0.0624 e. The molecule has 0 amide bonds. The van der Waals surface area contributed by atoms with Gasteiger partial charge in [0.25, 0.3) is 0 Å². The van der Waals surface area contributed by atoms with E-state index in [2.05, 4.69) is 6.07 Å². The van der Waals surface area contributed by atoms with Gasteiger partial charge in [-0.3, -0.25) is 0 Å². The van der Waals surface area contributed by atoms with Crippen molar-refractivity contribution in [3.05, 3.63) is 0 Å². The van der Waals surface area contributed by atoms with Crippen molar-refractivity contribution < 1.29 is 0 Å². The van der Waals surface area contributed by atoms with E-state index in [1.807, 2.05) is 13.8 Å². The average Bonchev–Trinajstić information content (AvgIpc) is 2.11. The van der Waals surface area contributed by atoms with Crippen molar-refractivity contribution in [2.75, 3.05) is 0 Å². The van der Waals surface area contributed by atoms with Gasteiger partial charge in [0.1, 0.15) is 0 Å².